The summed E-state index contributed by atoms with van der Waals surface area (Å²) in [6.45, 7) is 3.20. The summed E-state index contributed by atoms with van der Waals surface area (Å²) in [4.78, 5) is 26.5. The quantitative estimate of drug-likeness (QED) is 0.704. The van der Waals surface area contributed by atoms with Gasteiger partial charge in [-0.1, -0.05) is 24.0 Å². The number of hydrogen-bond acceptors (Lipinski definition) is 4. The zero-order chi connectivity index (χ0) is 21.8. The molecule has 2 heterocycles. The molecule has 6 heteroatoms. The van der Waals surface area contributed by atoms with Gasteiger partial charge in [-0.15, -0.1) is 0 Å². The Hall–Kier alpha value is -3.51. The molecule has 0 spiro atoms. The van der Waals surface area contributed by atoms with E-state index in [0.717, 1.165) is 16.8 Å². The molecule has 31 heavy (non-hydrogen) atoms. The molecule has 1 aliphatic carbocycles. The standard InChI is InChI=1S/C25H25N3O3/c1-18-12-23(31-17-25(30)27-11-10-22(14-26)15-27)13-24(29)28(18)16-21-8-6-20(7-9-21)5-4-19-2-3-19/h6-9,12-13,19,22H,2-3,10-11,15-17H2,1H3/t22-/m0/s1. The van der Waals surface area contributed by atoms with Crippen molar-refractivity contribution in [3.63, 3.8) is 0 Å². The maximum atomic E-state index is 12.6. The number of aromatic nitrogens is 1. The number of hydrogen-bond donors (Lipinski definition) is 0. The van der Waals surface area contributed by atoms with Crippen molar-refractivity contribution in [2.45, 2.75) is 32.7 Å². The zero-order valence-corrected chi connectivity index (χ0v) is 17.6. The number of carbonyl (C=O) groups excluding carboxylic acids is 1. The Kier molecular flexibility index (Phi) is 6.09. The van der Waals surface area contributed by atoms with Crippen LogP contribution in [0.1, 0.15) is 36.1 Å². The molecule has 6 nitrogen and oxygen atoms in total. The predicted molar refractivity (Wildman–Crippen MR) is 116 cm³/mol. The van der Waals surface area contributed by atoms with Crippen molar-refractivity contribution in [1.29, 1.82) is 5.26 Å². The summed E-state index contributed by atoms with van der Waals surface area (Å²) in [6, 6.07) is 13.4. The second-order valence-electron chi connectivity index (χ2n) is 8.24. The largest absolute Gasteiger partial charge is 0.484 e. The molecule has 0 unspecified atom stereocenters. The molecule has 158 valence electrons. The first-order valence-electron chi connectivity index (χ1n) is 10.6. The predicted octanol–water partition coefficient (Wildman–Crippen LogP) is 2.72. The third-order valence-corrected chi connectivity index (χ3v) is 5.69. The molecule has 2 aromatic rings. The van der Waals surface area contributed by atoms with Gasteiger partial charge in [-0.25, -0.2) is 0 Å². The van der Waals surface area contributed by atoms with E-state index in [2.05, 4.69) is 17.9 Å². The van der Waals surface area contributed by atoms with Crippen LogP contribution in [-0.4, -0.2) is 35.1 Å². The van der Waals surface area contributed by atoms with E-state index in [0.29, 0.717) is 37.7 Å². The summed E-state index contributed by atoms with van der Waals surface area (Å²) >= 11 is 0. The average molecular weight is 415 g/mol. The minimum absolute atomic E-state index is 0.102. The molecule has 1 saturated carbocycles. The number of rotatable bonds is 5. The van der Waals surface area contributed by atoms with Crippen LogP contribution in [0, 0.1) is 41.9 Å². The van der Waals surface area contributed by atoms with E-state index in [1.54, 1.807) is 15.5 Å². The van der Waals surface area contributed by atoms with E-state index in [-0.39, 0.29) is 24.0 Å². The van der Waals surface area contributed by atoms with Crippen LogP contribution in [0.25, 0.3) is 0 Å². The molecule has 1 aliphatic heterocycles. The van der Waals surface area contributed by atoms with Gasteiger partial charge in [0.2, 0.25) is 0 Å². The third kappa shape index (κ3) is 5.35. The van der Waals surface area contributed by atoms with Crippen molar-refractivity contribution in [3.8, 4) is 23.7 Å². The molecule has 4 rings (SSSR count). The van der Waals surface area contributed by atoms with Crippen molar-refractivity contribution >= 4 is 5.91 Å². The second kappa shape index (κ2) is 9.10. The Morgan fingerprint density at radius 2 is 1.94 bits per heavy atom. The number of amides is 1. The van der Waals surface area contributed by atoms with Crippen LogP contribution in [0.3, 0.4) is 0 Å². The summed E-state index contributed by atoms with van der Waals surface area (Å²) in [5, 5.41) is 8.96. The number of nitriles is 1. The molecule has 1 saturated heterocycles. The Balaban J connectivity index is 1.37. The summed E-state index contributed by atoms with van der Waals surface area (Å²) < 4.78 is 7.26. The van der Waals surface area contributed by atoms with Crippen LogP contribution in [0.2, 0.25) is 0 Å². The van der Waals surface area contributed by atoms with E-state index in [4.69, 9.17) is 10.00 Å². The number of likely N-dealkylation sites (tertiary alicyclic amines) is 1. The molecule has 1 atom stereocenters. The fraction of sp³-hybridized carbons (Fsp3) is 0.400. The van der Waals surface area contributed by atoms with Crippen molar-refractivity contribution in [2.24, 2.45) is 11.8 Å². The first-order valence-corrected chi connectivity index (χ1v) is 10.6. The maximum absolute atomic E-state index is 12.6. The monoisotopic (exact) mass is 415 g/mol. The molecule has 0 radical (unpaired) electrons. The molecule has 2 fully saturated rings. The van der Waals surface area contributed by atoms with Crippen LogP contribution in [0.4, 0.5) is 0 Å². The van der Waals surface area contributed by atoms with Crippen LogP contribution in [0.15, 0.2) is 41.2 Å². The first-order chi connectivity index (χ1) is 15.0. The molecule has 1 aromatic heterocycles. The third-order valence-electron chi connectivity index (χ3n) is 5.69. The Morgan fingerprint density at radius 1 is 1.16 bits per heavy atom. The summed E-state index contributed by atoms with van der Waals surface area (Å²) in [5.41, 5.74) is 2.60. The second-order valence-corrected chi connectivity index (χ2v) is 8.24. The Bertz CT molecular complexity index is 1130. The first kappa shape index (κ1) is 20.8. The summed E-state index contributed by atoms with van der Waals surface area (Å²) in [6.07, 6.45) is 3.12. The van der Waals surface area contributed by atoms with Gasteiger partial charge in [-0.2, -0.15) is 5.26 Å². The SMILES string of the molecule is Cc1cc(OCC(=O)N2CC[C@@H](C#N)C2)cc(=O)n1Cc1ccc(C#CC2CC2)cc1. The van der Waals surface area contributed by atoms with Gasteiger partial charge in [-0.05, 0) is 49.9 Å². The van der Waals surface area contributed by atoms with E-state index in [1.807, 2.05) is 31.2 Å². The highest BCUT2D eigenvalue weighted by atomic mass is 16.5. The van der Waals surface area contributed by atoms with E-state index < -0.39 is 0 Å². The van der Waals surface area contributed by atoms with Gasteiger partial charge >= 0.3 is 0 Å². The van der Waals surface area contributed by atoms with Crippen molar-refractivity contribution < 1.29 is 9.53 Å². The van der Waals surface area contributed by atoms with Crippen LogP contribution >= 0.6 is 0 Å². The van der Waals surface area contributed by atoms with E-state index in [1.165, 1.54) is 18.9 Å². The Labute approximate surface area is 182 Å². The number of carbonyl (C=O) groups is 1. The van der Waals surface area contributed by atoms with E-state index in [9.17, 15) is 9.59 Å². The van der Waals surface area contributed by atoms with Gasteiger partial charge in [0.05, 0.1) is 18.5 Å². The fourth-order valence-corrected chi connectivity index (χ4v) is 3.60. The van der Waals surface area contributed by atoms with Gasteiger partial charge in [0.1, 0.15) is 5.75 Å². The molecular weight excluding hydrogens is 390 g/mol. The lowest BCUT2D eigenvalue weighted by Crippen LogP contribution is -2.33. The van der Waals surface area contributed by atoms with Crippen molar-refractivity contribution in [2.75, 3.05) is 19.7 Å². The van der Waals surface area contributed by atoms with Crippen LogP contribution < -0.4 is 10.3 Å². The number of benzene rings is 1. The smallest absolute Gasteiger partial charge is 0.260 e. The zero-order valence-electron chi connectivity index (χ0n) is 17.6. The topological polar surface area (TPSA) is 75.3 Å². The van der Waals surface area contributed by atoms with Gasteiger partial charge in [0.25, 0.3) is 11.5 Å². The van der Waals surface area contributed by atoms with Gasteiger partial charge in [0, 0.05) is 36.3 Å². The highest BCUT2D eigenvalue weighted by Crippen LogP contribution is 2.27. The number of ether oxygens (including phenoxy) is 1. The summed E-state index contributed by atoms with van der Waals surface area (Å²) in [5.74, 6) is 7.13. The van der Waals surface area contributed by atoms with Crippen molar-refractivity contribution in [3.05, 3.63) is 63.6 Å². The lowest BCUT2D eigenvalue weighted by Gasteiger charge is -2.16. The number of pyridine rings is 1. The van der Waals surface area contributed by atoms with Crippen molar-refractivity contribution in [1.82, 2.24) is 9.47 Å². The van der Waals surface area contributed by atoms with Gasteiger partial charge < -0.3 is 14.2 Å². The lowest BCUT2D eigenvalue weighted by molar-refractivity contribution is -0.132. The average Bonchev–Trinajstić information content (AvgIpc) is 3.48. The lowest BCUT2D eigenvalue weighted by atomic mass is 10.1. The van der Waals surface area contributed by atoms with E-state index >= 15 is 0 Å². The highest BCUT2D eigenvalue weighted by molar-refractivity contribution is 5.78. The van der Waals surface area contributed by atoms with Gasteiger partial charge in [0.15, 0.2) is 6.61 Å². The summed E-state index contributed by atoms with van der Waals surface area (Å²) in [7, 11) is 0. The van der Waals surface area contributed by atoms with Crippen LogP contribution in [0.5, 0.6) is 5.75 Å². The minimum atomic E-state index is -0.175. The molecule has 0 N–H and O–H groups in total. The fourth-order valence-electron chi connectivity index (χ4n) is 3.60. The van der Waals surface area contributed by atoms with Crippen LogP contribution in [-0.2, 0) is 11.3 Å². The van der Waals surface area contributed by atoms with Gasteiger partial charge in [-0.3, -0.25) is 9.59 Å². The highest BCUT2D eigenvalue weighted by Gasteiger charge is 2.26. The molecule has 0 bridgehead atoms. The molecular formula is C25H25N3O3. The number of aryl methyl sites for hydroxylation is 1. The molecule has 2 aliphatic rings. The number of nitrogens with zero attached hydrogens (tertiary/aromatic N) is 3. The molecule has 1 amide bonds. The molecule has 1 aromatic carbocycles. The minimum Gasteiger partial charge on any atom is -0.484 e. The normalized spacial score (nSPS) is 17.5. The Morgan fingerprint density at radius 3 is 2.58 bits per heavy atom. The maximum Gasteiger partial charge on any atom is 0.260 e.